The van der Waals surface area contributed by atoms with E-state index in [1.165, 1.54) is 0 Å². The Labute approximate surface area is 112 Å². The summed E-state index contributed by atoms with van der Waals surface area (Å²) in [6.45, 7) is 6.65. The van der Waals surface area contributed by atoms with Gasteiger partial charge in [0.15, 0.2) is 0 Å². The summed E-state index contributed by atoms with van der Waals surface area (Å²) in [6.07, 6.45) is -4.24. The van der Waals surface area contributed by atoms with Crippen LogP contribution in [0.4, 0.5) is 13.2 Å². The highest BCUT2D eigenvalue weighted by Crippen LogP contribution is 2.30. The van der Waals surface area contributed by atoms with Crippen molar-refractivity contribution in [3.8, 4) is 0 Å². The van der Waals surface area contributed by atoms with E-state index in [2.05, 4.69) is 10.3 Å². The van der Waals surface area contributed by atoms with Crippen LogP contribution in [0.5, 0.6) is 0 Å². The third kappa shape index (κ3) is 4.59. The van der Waals surface area contributed by atoms with Crippen molar-refractivity contribution in [2.75, 3.05) is 26.3 Å². The van der Waals surface area contributed by atoms with E-state index in [-0.39, 0.29) is 12.0 Å². The van der Waals surface area contributed by atoms with E-state index in [1.54, 1.807) is 0 Å². The van der Waals surface area contributed by atoms with Crippen molar-refractivity contribution in [2.24, 2.45) is 5.84 Å². The Hall–Kier alpha value is -0.370. The van der Waals surface area contributed by atoms with Gasteiger partial charge < -0.3 is 4.74 Å². The van der Waals surface area contributed by atoms with Crippen LogP contribution in [0.1, 0.15) is 33.1 Å². The van der Waals surface area contributed by atoms with Gasteiger partial charge in [-0.05, 0) is 19.8 Å². The molecule has 2 unspecified atom stereocenters. The lowest BCUT2D eigenvalue weighted by atomic mass is 9.84. The van der Waals surface area contributed by atoms with Gasteiger partial charge in [-0.2, -0.15) is 13.2 Å². The van der Waals surface area contributed by atoms with Gasteiger partial charge >= 0.3 is 6.18 Å². The Balaban J connectivity index is 2.71. The van der Waals surface area contributed by atoms with Crippen LogP contribution in [0, 0.1) is 0 Å². The molecule has 0 amide bonds. The molecule has 1 saturated heterocycles. The number of hydrazine groups is 1. The quantitative estimate of drug-likeness (QED) is 0.575. The summed E-state index contributed by atoms with van der Waals surface area (Å²) in [5.74, 6) is 5.50. The maximum Gasteiger partial charge on any atom is 0.389 e. The minimum absolute atomic E-state index is 0.0122. The molecule has 0 saturated carbocycles. The van der Waals surface area contributed by atoms with E-state index in [0.717, 1.165) is 19.5 Å². The number of nitrogens with one attached hydrogen (secondary N) is 1. The fraction of sp³-hybridized carbons (Fsp3) is 1.00. The molecule has 1 aliphatic rings. The second-order valence-electron chi connectivity index (χ2n) is 5.18. The van der Waals surface area contributed by atoms with Crippen LogP contribution >= 0.6 is 0 Å². The highest BCUT2D eigenvalue weighted by atomic mass is 19.4. The summed E-state index contributed by atoms with van der Waals surface area (Å²) in [4.78, 5) is 2.18. The van der Waals surface area contributed by atoms with Gasteiger partial charge in [-0.3, -0.25) is 16.2 Å². The Morgan fingerprint density at radius 2 is 1.89 bits per heavy atom. The Morgan fingerprint density at radius 3 is 2.32 bits per heavy atom. The molecule has 0 radical (unpaired) electrons. The average molecular weight is 283 g/mol. The third-order valence-electron chi connectivity index (χ3n) is 4.12. The number of hydrogen-bond acceptors (Lipinski definition) is 4. The largest absolute Gasteiger partial charge is 0.389 e. The van der Waals surface area contributed by atoms with Crippen LogP contribution in [-0.4, -0.2) is 49.0 Å². The zero-order valence-corrected chi connectivity index (χ0v) is 11.6. The van der Waals surface area contributed by atoms with Crippen LogP contribution in [0.2, 0.25) is 0 Å². The number of hydrogen-bond donors (Lipinski definition) is 2. The molecule has 19 heavy (non-hydrogen) atoms. The minimum atomic E-state index is -4.14. The fourth-order valence-electron chi connectivity index (χ4n) is 2.65. The van der Waals surface area contributed by atoms with Gasteiger partial charge in [0.25, 0.3) is 0 Å². The van der Waals surface area contributed by atoms with E-state index in [4.69, 9.17) is 10.6 Å². The normalized spacial score (nSPS) is 23.1. The monoisotopic (exact) mass is 283 g/mol. The predicted molar refractivity (Wildman–Crippen MR) is 67.5 cm³/mol. The zero-order valence-electron chi connectivity index (χ0n) is 11.6. The first-order chi connectivity index (χ1) is 8.83. The summed E-state index contributed by atoms with van der Waals surface area (Å²) in [6, 6.07) is -0.391. The van der Waals surface area contributed by atoms with Crippen molar-refractivity contribution in [3.05, 3.63) is 0 Å². The molecule has 1 aliphatic heterocycles. The van der Waals surface area contributed by atoms with Crippen LogP contribution in [0.3, 0.4) is 0 Å². The smallest absolute Gasteiger partial charge is 0.379 e. The number of halogens is 3. The SMILES string of the molecule is CCC(C)(C(CCC(F)(F)F)NN)N1CCOCC1. The Morgan fingerprint density at radius 1 is 1.32 bits per heavy atom. The molecule has 3 N–H and O–H groups in total. The van der Waals surface area contributed by atoms with Crippen molar-refractivity contribution in [2.45, 2.75) is 50.9 Å². The molecule has 2 atom stereocenters. The van der Waals surface area contributed by atoms with Gasteiger partial charge in [-0.1, -0.05) is 6.92 Å². The Bertz CT molecular complexity index is 269. The van der Waals surface area contributed by atoms with Crippen LogP contribution in [-0.2, 0) is 4.74 Å². The molecule has 0 aromatic heterocycles. The van der Waals surface area contributed by atoms with E-state index >= 15 is 0 Å². The second-order valence-corrected chi connectivity index (χ2v) is 5.18. The summed E-state index contributed by atoms with van der Waals surface area (Å²) in [5.41, 5.74) is 2.20. The van der Waals surface area contributed by atoms with Gasteiger partial charge in [-0.15, -0.1) is 0 Å². The van der Waals surface area contributed by atoms with E-state index < -0.39 is 18.6 Å². The molecule has 0 bridgehead atoms. The van der Waals surface area contributed by atoms with E-state index in [9.17, 15) is 13.2 Å². The highest BCUT2D eigenvalue weighted by molar-refractivity contribution is 4.96. The number of ether oxygens (including phenoxy) is 1. The Kier molecular flexibility index (Phi) is 6.04. The fourth-order valence-corrected chi connectivity index (χ4v) is 2.65. The molecule has 0 spiro atoms. The average Bonchev–Trinajstić information content (AvgIpc) is 2.38. The number of nitrogens with zero attached hydrogens (tertiary/aromatic N) is 1. The topological polar surface area (TPSA) is 50.5 Å². The molecular weight excluding hydrogens is 259 g/mol. The lowest BCUT2D eigenvalue weighted by molar-refractivity contribution is -0.139. The second kappa shape index (κ2) is 6.88. The summed E-state index contributed by atoms with van der Waals surface area (Å²) < 4.78 is 42.4. The van der Waals surface area contributed by atoms with Crippen molar-refractivity contribution >= 4 is 0 Å². The molecule has 0 aromatic carbocycles. The number of alkyl halides is 3. The maximum atomic E-state index is 12.4. The maximum absolute atomic E-state index is 12.4. The molecular formula is C12H24F3N3O. The molecule has 4 nitrogen and oxygen atoms in total. The first-order valence-corrected chi connectivity index (χ1v) is 6.69. The highest BCUT2D eigenvalue weighted by Gasteiger charge is 2.40. The zero-order chi connectivity index (χ0) is 14.5. The molecule has 114 valence electrons. The standard InChI is InChI=1S/C12H24F3N3O/c1-3-11(2,18-6-8-19-9-7-18)10(17-16)4-5-12(13,14)15/h10,17H,3-9,16H2,1-2H3. The van der Waals surface area contributed by atoms with E-state index in [1.807, 2.05) is 13.8 Å². The number of morpholine rings is 1. The molecule has 0 aromatic rings. The molecule has 0 aliphatic carbocycles. The molecule has 1 rings (SSSR count). The summed E-state index contributed by atoms with van der Waals surface area (Å²) >= 11 is 0. The first-order valence-electron chi connectivity index (χ1n) is 6.69. The van der Waals surface area contributed by atoms with Crippen molar-refractivity contribution < 1.29 is 17.9 Å². The third-order valence-corrected chi connectivity index (χ3v) is 4.12. The number of nitrogens with two attached hydrogens (primary N) is 1. The summed E-state index contributed by atoms with van der Waals surface area (Å²) in [7, 11) is 0. The van der Waals surface area contributed by atoms with Crippen LogP contribution in [0.25, 0.3) is 0 Å². The van der Waals surface area contributed by atoms with Gasteiger partial charge in [0.2, 0.25) is 0 Å². The minimum Gasteiger partial charge on any atom is -0.379 e. The van der Waals surface area contributed by atoms with Crippen LogP contribution in [0.15, 0.2) is 0 Å². The summed E-state index contributed by atoms with van der Waals surface area (Å²) in [5, 5.41) is 0. The van der Waals surface area contributed by atoms with Gasteiger partial charge in [-0.25, -0.2) is 0 Å². The van der Waals surface area contributed by atoms with E-state index in [0.29, 0.717) is 13.2 Å². The van der Waals surface area contributed by atoms with Crippen molar-refractivity contribution in [1.29, 1.82) is 0 Å². The lowest BCUT2D eigenvalue weighted by Gasteiger charge is -2.47. The first kappa shape index (κ1) is 16.7. The predicted octanol–water partition coefficient (Wildman–Crippen LogP) is 1.66. The van der Waals surface area contributed by atoms with Gasteiger partial charge in [0, 0.05) is 31.1 Å². The molecule has 1 fully saturated rings. The number of rotatable bonds is 6. The lowest BCUT2D eigenvalue weighted by Crippen LogP contribution is -2.63. The van der Waals surface area contributed by atoms with Gasteiger partial charge in [0.05, 0.1) is 13.2 Å². The van der Waals surface area contributed by atoms with Crippen molar-refractivity contribution in [1.82, 2.24) is 10.3 Å². The van der Waals surface area contributed by atoms with Crippen LogP contribution < -0.4 is 11.3 Å². The molecule has 7 heteroatoms. The van der Waals surface area contributed by atoms with Crippen molar-refractivity contribution in [3.63, 3.8) is 0 Å². The molecule has 1 heterocycles. The van der Waals surface area contributed by atoms with Gasteiger partial charge in [0.1, 0.15) is 0 Å².